The molecule has 0 aliphatic carbocycles. The number of aromatic nitrogens is 4. The van der Waals surface area contributed by atoms with Crippen molar-refractivity contribution in [2.75, 3.05) is 13.7 Å². The minimum atomic E-state index is -0.683. The van der Waals surface area contributed by atoms with Gasteiger partial charge in [-0.2, -0.15) is 0 Å². The Balaban J connectivity index is 1.65. The summed E-state index contributed by atoms with van der Waals surface area (Å²) < 4.78 is 29.1. The van der Waals surface area contributed by atoms with Gasteiger partial charge in [-0.25, -0.2) is 23.5 Å². The lowest BCUT2D eigenvalue weighted by atomic mass is 10.1. The summed E-state index contributed by atoms with van der Waals surface area (Å²) in [5.41, 5.74) is 1.58. The van der Waals surface area contributed by atoms with E-state index in [1.807, 2.05) is 42.8 Å². The summed E-state index contributed by atoms with van der Waals surface area (Å²) >= 11 is 1.30. The molecule has 12 heteroatoms. The van der Waals surface area contributed by atoms with E-state index in [1.165, 1.54) is 40.2 Å². The lowest BCUT2D eigenvalue weighted by Crippen LogP contribution is -2.41. The number of aryl methyl sites for hydroxylation is 2. The molecule has 0 aliphatic heterocycles. The second-order valence-electron chi connectivity index (χ2n) is 11.0. The number of thiophene rings is 1. The number of amides is 1. The summed E-state index contributed by atoms with van der Waals surface area (Å²) in [5.74, 6) is 0.117. The molecule has 0 saturated carbocycles. The van der Waals surface area contributed by atoms with Crippen LogP contribution in [-0.2, 0) is 11.3 Å². The highest BCUT2D eigenvalue weighted by Gasteiger charge is 2.23. The fourth-order valence-corrected chi connectivity index (χ4v) is 6.12. The van der Waals surface area contributed by atoms with Crippen molar-refractivity contribution in [3.63, 3.8) is 0 Å². The number of halogens is 1. The molecule has 0 fully saturated rings. The van der Waals surface area contributed by atoms with Gasteiger partial charge in [0.05, 0.1) is 35.9 Å². The molecule has 0 unspecified atom stereocenters. The molecule has 1 N–H and O–H groups in total. The van der Waals surface area contributed by atoms with Crippen LogP contribution in [0.4, 0.5) is 9.18 Å². The topological polar surface area (TPSA) is 109 Å². The number of nitrogens with zero attached hydrogens (tertiary/aromatic N) is 4. The molecule has 0 bridgehead atoms. The maximum absolute atomic E-state index is 13.9. The van der Waals surface area contributed by atoms with E-state index in [0.29, 0.717) is 21.5 Å². The van der Waals surface area contributed by atoms with Crippen molar-refractivity contribution in [2.24, 2.45) is 0 Å². The number of carbonyl (C=O) groups is 1. The van der Waals surface area contributed by atoms with Crippen molar-refractivity contribution in [3.05, 3.63) is 92.9 Å². The van der Waals surface area contributed by atoms with Crippen LogP contribution in [0.5, 0.6) is 5.75 Å². The number of fused-ring (bicyclic) bond motifs is 1. The molecule has 5 aromatic rings. The number of methoxy groups -OCH3 is 1. The number of carbonyl (C=O) groups excluding carboxylic acids is 1. The fourth-order valence-electron chi connectivity index (χ4n) is 4.81. The summed E-state index contributed by atoms with van der Waals surface area (Å²) in [7, 11) is 1.58. The molecule has 0 aliphatic rings. The predicted octanol–water partition coefficient (Wildman–Crippen LogP) is 5.36. The first-order valence-electron chi connectivity index (χ1n) is 13.6. The number of hydrogen-bond acceptors (Lipinski definition) is 7. The molecule has 0 saturated heterocycles. The zero-order valence-electron chi connectivity index (χ0n) is 24.7. The van der Waals surface area contributed by atoms with Crippen LogP contribution in [0.15, 0.2) is 64.6 Å². The normalized spacial score (nSPS) is 11.6. The van der Waals surface area contributed by atoms with Crippen LogP contribution in [0.2, 0.25) is 0 Å². The molecule has 0 atom stereocenters. The maximum Gasteiger partial charge on any atom is 0.407 e. The Bertz CT molecular complexity index is 1950. The molecule has 10 nitrogen and oxygen atoms in total. The zero-order valence-corrected chi connectivity index (χ0v) is 25.5. The quantitative estimate of drug-likeness (QED) is 0.268. The van der Waals surface area contributed by atoms with Crippen molar-refractivity contribution >= 4 is 27.6 Å². The van der Waals surface area contributed by atoms with Crippen molar-refractivity contribution in [1.29, 1.82) is 0 Å². The Labute approximate surface area is 250 Å². The van der Waals surface area contributed by atoms with Gasteiger partial charge in [-0.15, -0.1) is 11.3 Å². The summed E-state index contributed by atoms with van der Waals surface area (Å²) in [4.78, 5) is 45.5. The first kappa shape index (κ1) is 29.8. The predicted molar refractivity (Wildman–Crippen MR) is 164 cm³/mol. The third-order valence-electron chi connectivity index (χ3n) is 6.73. The van der Waals surface area contributed by atoms with E-state index in [-0.39, 0.29) is 18.8 Å². The second kappa shape index (κ2) is 11.5. The van der Waals surface area contributed by atoms with Gasteiger partial charge in [-0.05, 0) is 82.1 Å². The lowest BCUT2D eigenvalue weighted by molar-refractivity contribution is 0.0526. The molecule has 3 aromatic heterocycles. The summed E-state index contributed by atoms with van der Waals surface area (Å²) in [6.45, 7) is 9.15. The highest BCUT2D eigenvalue weighted by molar-refractivity contribution is 7.22. The van der Waals surface area contributed by atoms with Crippen molar-refractivity contribution in [2.45, 2.75) is 46.8 Å². The van der Waals surface area contributed by atoms with Crippen LogP contribution in [0.25, 0.3) is 32.0 Å². The highest BCUT2D eigenvalue weighted by atomic mass is 32.1. The lowest BCUT2D eigenvalue weighted by Gasteiger charge is -2.20. The van der Waals surface area contributed by atoms with Gasteiger partial charge in [-0.1, -0.05) is 6.07 Å². The van der Waals surface area contributed by atoms with Crippen LogP contribution in [0.1, 0.15) is 32.0 Å². The number of rotatable bonds is 7. The van der Waals surface area contributed by atoms with Gasteiger partial charge in [0, 0.05) is 24.2 Å². The third-order valence-corrected chi connectivity index (χ3v) is 8.10. The van der Waals surface area contributed by atoms with Crippen molar-refractivity contribution < 1.29 is 18.7 Å². The standard InChI is InChI=1S/C31H32FN5O5S/c1-18-16-35(17-34-18)23-12-7-20(15-24(23)41-6)26-19(2)25-27(38)37(22-10-8-21(32)9-11-22)30(40)36(28(25)43-26)14-13-33-29(39)42-31(3,4)5/h7-12,15-17H,13-14H2,1-6H3,(H,33,39). The molecule has 0 radical (unpaired) electrons. The first-order valence-corrected chi connectivity index (χ1v) is 14.4. The summed E-state index contributed by atoms with van der Waals surface area (Å²) in [6.07, 6.45) is 2.98. The molecule has 0 spiro atoms. The van der Waals surface area contributed by atoms with E-state index in [9.17, 15) is 18.8 Å². The van der Waals surface area contributed by atoms with Crippen LogP contribution in [0, 0.1) is 19.7 Å². The van der Waals surface area contributed by atoms with E-state index in [1.54, 1.807) is 34.2 Å². The van der Waals surface area contributed by atoms with Gasteiger partial charge in [-0.3, -0.25) is 9.36 Å². The Morgan fingerprint density at radius 2 is 1.81 bits per heavy atom. The minimum Gasteiger partial charge on any atom is -0.495 e. The van der Waals surface area contributed by atoms with Crippen LogP contribution in [-0.4, -0.2) is 44.0 Å². The van der Waals surface area contributed by atoms with Crippen LogP contribution in [0.3, 0.4) is 0 Å². The Kier molecular flexibility index (Phi) is 7.98. The number of imidazole rings is 1. The fraction of sp³-hybridized carbons (Fsp3) is 0.290. The molecule has 2 aromatic carbocycles. The molecule has 43 heavy (non-hydrogen) atoms. The van der Waals surface area contributed by atoms with Gasteiger partial charge >= 0.3 is 11.8 Å². The second-order valence-corrected chi connectivity index (χ2v) is 12.0. The number of hydrogen-bond donors (Lipinski definition) is 1. The smallest absolute Gasteiger partial charge is 0.407 e. The third kappa shape index (κ3) is 5.96. The maximum atomic E-state index is 13.9. The van der Waals surface area contributed by atoms with Gasteiger partial charge < -0.3 is 19.4 Å². The molecule has 1 amide bonds. The molecule has 224 valence electrons. The average Bonchev–Trinajstić information content (AvgIpc) is 3.53. The molecule has 5 rings (SSSR count). The zero-order chi connectivity index (χ0) is 31.1. The largest absolute Gasteiger partial charge is 0.495 e. The highest BCUT2D eigenvalue weighted by Crippen LogP contribution is 2.39. The van der Waals surface area contributed by atoms with Crippen LogP contribution >= 0.6 is 11.3 Å². The number of ether oxygens (including phenoxy) is 2. The van der Waals surface area contributed by atoms with E-state index < -0.39 is 28.8 Å². The van der Waals surface area contributed by atoms with Gasteiger partial charge in [0.15, 0.2) is 0 Å². The Hall–Kier alpha value is -4.71. The summed E-state index contributed by atoms with van der Waals surface area (Å²) in [5, 5.41) is 3.03. The van der Waals surface area contributed by atoms with E-state index >= 15 is 0 Å². The van der Waals surface area contributed by atoms with Crippen molar-refractivity contribution in [1.82, 2.24) is 24.0 Å². The molecular weight excluding hydrogens is 573 g/mol. The van der Waals surface area contributed by atoms with Gasteiger partial charge in [0.1, 0.15) is 22.0 Å². The SMILES string of the molecule is COc1cc(-c2sc3c(c2C)c(=O)n(-c2ccc(F)cc2)c(=O)n3CCNC(=O)OC(C)(C)C)ccc1-n1cnc(C)c1. The Morgan fingerprint density at radius 1 is 1.09 bits per heavy atom. The number of benzene rings is 2. The van der Waals surface area contributed by atoms with Crippen molar-refractivity contribution in [3.8, 4) is 27.6 Å². The average molecular weight is 606 g/mol. The van der Waals surface area contributed by atoms with Gasteiger partial charge in [0.25, 0.3) is 5.56 Å². The summed E-state index contributed by atoms with van der Waals surface area (Å²) in [6, 6.07) is 10.9. The number of nitrogens with one attached hydrogen (secondary N) is 1. The monoisotopic (exact) mass is 605 g/mol. The van der Waals surface area contributed by atoms with Crippen LogP contribution < -0.4 is 21.3 Å². The number of alkyl carbamates (subject to hydrolysis) is 1. The molecule has 3 heterocycles. The first-order chi connectivity index (χ1) is 20.4. The van der Waals surface area contributed by atoms with E-state index in [2.05, 4.69) is 10.3 Å². The molecular formula is C31H32FN5O5S. The van der Waals surface area contributed by atoms with E-state index in [4.69, 9.17) is 9.47 Å². The Morgan fingerprint density at radius 3 is 2.44 bits per heavy atom. The van der Waals surface area contributed by atoms with E-state index in [0.717, 1.165) is 26.4 Å². The van der Waals surface area contributed by atoms with Gasteiger partial charge in [0.2, 0.25) is 0 Å². The minimum absolute atomic E-state index is 0.0671.